The van der Waals surface area contributed by atoms with Crippen molar-refractivity contribution in [2.75, 3.05) is 6.61 Å². The van der Waals surface area contributed by atoms with Crippen LogP contribution in [0.15, 0.2) is 41.2 Å². The van der Waals surface area contributed by atoms with Gasteiger partial charge in [0.25, 0.3) is 5.56 Å². The van der Waals surface area contributed by atoms with Gasteiger partial charge in [0, 0.05) is 18.0 Å². The van der Waals surface area contributed by atoms with E-state index in [0.717, 1.165) is 5.57 Å². The first-order valence-electron chi connectivity index (χ1n) is 6.62. The first-order chi connectivity index (χ1) is 9.93. The van der Waals surface area contributed by atoms with Crippen molar-refractivity contribution in [2.45, 2.75) is 20.4 Å². The molecule has 0 aliphatic carbocycles. The lowest BCUT2D eigenvalue weighted by Crippen LogP contribution is -2.20. The average molecular weight is 287 g/mol. The number of fused-ring (bicyclic) bond motifs is 1. The number of allylic oxidation sites excluding steroid dienone is 1. The second-order valence-electron chi connectivity index (χ2n) is 4.87. The molecule has 0 bridgehead atoms. The van der Waals surface area contributed by atoms with Crippen molar-refractivity contribution in [1.82, 2.24) is 4.57 Å². The topological polar surface area (TPSA) is 68.5 Å². The number of aromatic nitrogens is 1. The molecule has 0 spiro atoms. The Balaban J connectivity index is 2.83. The van der Waals surface area contributed by atoms with Crippen molar-refractivity contribution < 1.29 is 14.6 Å². The molecule has 110 valence electrons. The summed E-state index contributed by atoms with van der Waals surface area (Å²) in [4.78, 5) is 23.3. The highest BCUT2D eigenvalue weighted by Crippen LogP contribution is 2.27. The van der Waals surface area contributed by atoms with Crippen molar-refractivity contribution in [3.8, 4) is 5.75 Å². The van der Waals surface area contributed by atoms with Crippen molar-refractivity contribution in [3.63, 3.8) is 0 Å². The Morgan fingerprint density at radius 3 is 2.67 bits per heavy atom. The van der Waals surface area contributed by atoms with Gasteiger partial charge in [0.15, 0.2) is 0 Å². The van der Waals surface area contributed by atoms with Crippen molar-refractivity contribution in [1.29, 1.82) is 0 Å². The first kappa shape index (κ1) is 14.8. The Morgan fingerprint density at radius 1 is 1.38 bits per heavy atom. The summed E-state index contributed by atoms with van der Waals surface area (Å²) in [6, 6.07) is 6.02. The number of ether oxygens (including phenoxy) is 1. The number of carboxylic acid groups (broad SMARTS) is 1. The van der Waals surface area contributed by atoms with Gasteiger partial charge in [-0.3, -0.25) is 4.79 Å². The van der Waals surface area contributed by atoms with Gasteiger partial charge in [-0.1, -0.05) is 12.2 Å². The minimum absolute atomic E-state index is 0.131. The van der Waals surface area contributed by atoms with Crippen LogP contribution in [0.4, 0.5) is 0 Å². The monoisotopic (exact) mass is 287 g/mol. The highest BCUT2D eigenvalue weighted by atomic mass is 16.5. The molecule has 0 aliphatic rings. The van der Waals surface area contributed by atoms with Crippen LogP contribution in [0.1, 0.15) is 24.2 Å². The van der Waals surface area contributed by atoms with Crippen molar-refractivity contribution in [2.24, 2.45) is 0 Å². The third-order valence-corrected chi connectivity index (χ3v) is 3.02. The van der Waals surface area contributed by atoms with Crippen LogP contribution in [0.5, 0.6) is 5.75 Å². The summed E-state index contributed by atoms with van der Waals surface area (Å²) in [5.74, 6) is -0.637. The Morgan fingerprint density at radius 2 is 2.10 bits per heavy atom. The minimum atomic E-state index is -1.03. The maximum Gasteiger partial charge on any atom is 0.335 e. The number of nitrogens with zero attached hydrogens (tertiary/aromatic N) is 1. The van der Waals surface area contributed by atoms with Crippen molar-refractivity contribution in [3.05, 3.63) is 52.3 Å². The van der Waals surface area contributed by atoms with Gasteiger partial charge in [-0.2, -0.15) is 0 Å². The fourth-order valence-electron chi connectivity index (χ4n) is 2.22. The molecule has 0 unspecified atom stereocenters. The molecule has 0 aliphatic heterocycles. The van der Waals surface area contributed by atoms with E-state index in [2.05, 4.69) is 6.58 Å². The molecule has 1 N–H and O–H groups in total. The van der Waals surface area contributed by atoms with Crippen LogP contribution in [0.3, 0.4) is 0 Å². The molecule has 1 heterocycles. The molecule has 5 nitrogen and oxygen atoms in total. The molecule has 0 saturated heterocycles. The number of rotatable bonds is 5. The molecule has 0 atom stereocenters. The quantitative estimate of drug-likeness (QED) is 0.858. The van der Waals surface area contributed by atoms with Crippen LogP contribution in [0.25, 0.3) is 10.9 Å². The highest BCUT2D eigenvalue weighted by molar-refractivity contribution is 5.96. The highest BCUT2D eigenvalue weighted by Gasteiger charge is 2.14. The van der Waals surface area contributed by atoms with Gasteiger partial charge in [0.05, 0.1) is 17.7 Å². The Labute approximate surface area is 122 Å². The van der Waals surface area contributed by atoms with E-state index in [-0.39, 0.29) is 11.1 Å². The van der Waals surface area contributed by atoms with Gasteiger partial charge in [-0.25, -0.2) is 4.79 Å². The smallest absolute Gasteiger partial charge is 0.335 e. The molecule has 0 amide bonds. The predicted octanol–water partition coefficient (Wildman–Crippen LogP) is 2.67. The zero-order valence-electron chi connectivity index (χ0n) is 12.0. The number of pyridine rings is 1. The number of carbonyl (C=O) groups is 1. The maximum absolute atomic E-state index is 12.1. The largest absolute Gasteiger partial charge is 0.492 e. The maximum atomic E-state index is 12.1. The third kappa shape index (κ3) is 2.97. The molecule has 2 rings (SSSR count). The van der Waals surface area contributed by atoms with E-state index < -0.39 is 5.97 Å². The molecule has 1 aromatic heterocycles. The van der Waals surface area contributed by atoms with E-state index in [9.17, 15) is 9.59 Å². The standard InChI is InChI=1S/C16H17NO4/c1-4-21-13-8-12(16(19)20)7-11-5-6-14(18)17(15(11)13)9-10(2)3/h5-8H,2,4,9H2,1,3H3,(H,19,20). The van der Waals surface area contributed by atoms with Gasteiger partial charge in [0.1, 0.15) is 5.75 Å². The molecular weight excluding hydrogens is 270 g/mol. The fourth-order valence-corrected chi connectivity index (χ4v) is 2.22. The summed E-state index contributed by atoms with van der Waals surface area (Å²) in [6.45, 7) is 8.21. The van der Waals surface area contributed by atoms with Gasteiger partial charge in [-0.05, 0) is 32.0 Å². The van der Waals surface area contributed by atoms with Crippen LogP contribution < -0.4 is 10.3 Å². The zero-order valence-corrected chi connectivity index (χ0v) is 12.0. The fraction of sp³-hybridized carbons (Fsp3) is 0.250. The molecule has 5 heteroatoms. The first-order valence-corrected chi connectivity index (χ1v) is 6.62. The summed E-state index contributed by atoms with van der Waals surface area (Å²) in [7, 11) is 0. The van der Waals surface area contributed by atoms with Crippen LogP contribution in [-0.2, 0) is 6.54 Å². The van der Waals surface area contributed by atoms with Crippen molar-refractivity contribution >= 4 is 16.9 Å². The van der Waals surface area contributed by atoms with Crippen LogP contribution >= 0.6 is 0 Å². The van der Waals surface area contributed by atoms with Gasteiger partial charge in [0.2, 0.25) is 0 Å². The van der Waals surface area contributed by atoms with Crippen LogP contribution in [0, 0.1) is 0 Å². The summed E-state index contributed by atoms with van der Waals surface area (Å²) in [5.41, 5.74) is 1.38. The number of hydrogen-bond acceptors (Lipinski definition) is 3. The number of hydrogen-bond donors (Lipinski definition) is 1. The van der Waals surface area contributed by atoms with Crippen LogP contribution in [-0.4, -0.2) is 22.2 Å². The third-order valence-electron chi connectivity index (χ3n) is 3.02. The molecular formula is C16H17NO4. The van der Waals surface area contributed by atoms with Gasteiger partial charge in [-0.15, -0.1) is 0 Å². The average Bonchev–Trinajstić information content (AvgIpc) is 2.41. The molecule has 0 saturated carbocycles. The van der Waals surface area contributed by atoms with E-state index in [1.165, 1.54) is 18.2 Å². The normalized spacial score (nSPS) is 10.6. The number of aromatic carboxylic acids is 1. The molecule has 0 radical (unpaired) electrons. The lowest BCUT2D eigenvalue weighted by atomic mass is 10.1. The Bertz CT molecular complexity index is 774. The number of benzene rings is 1. The minimum Gasteiger partial charge on any atom is -0.492 e. The number of carboxylic acids is 1. The molecule has 0 fully saturated rings. The van der Waals surface area contributed by atoms with Gasteiger partial charge >= 0.3 is 5.97 Å². The van der Waals surface area contributed by atoms with E-state index >= 15 is 0 Å². The second-order valence-corrected chi connectivity index (χ2v) is 4.87. The lowest BCUT2D eigenvalue weighted by Gasteiger charge is -2.15. The van der Waals surface area contributed by atoms with E-state index in [0.29, 0.717) is 29.8 Å². The van der Waals surface area contributed by atoms with E-state index in [1.54, 1.807) is 10.6 Å². The lowest BCUT2D eigenvalue weighted by molar-refractivity contribution is 0.0696. The Kier molecular flexibility index (Phi) is 4.12. The zero-order chi connectivity index (χ0) is 15.6. The summed E-state index contributed by atoms with van der Waals surface area (Å²) in [6.07, 6.45) is 0. The molecule has 1 aromatic carbocycles. The van der Waals surface area contributed by atoms with Crippen LogP contribution in [0.2, 0.25) is 0 Å². The summed E-state index contributed by atoms with van der Waals surface area (Å²) < 4.78 is 7.08. The predicted molar refractivity (Wildman–Crippen MR) is 81.2 cm³/mol. The molecule has 21 heavy (non-hydrogen) atoms. The SMILES string of the molecule is C=C(C)Cn1c(=O)ccc2cc(C(=O)O)cc(OCC)c21. The summed E-state index contributed by atoms with van der Waals surface area (Å²) >= 11 is 0. The summed E-state index contributed by atoms with van der Waals surface area (Å²) in [5, 5.41) is 9.82. The van der Waals surface area contributed by atoms with E-state index in [1.807, 2.05) is 13.8 Å². The second kappa shape index (κ2) is 5.83. The Hall–Kier alpha value is -2.56. The van der Waals surface area contributed by atoms with Gasteiger partial charge < -0.3 is 14.4 Å². The molecule has 2 aromatic rings. The van der Waals surface area contributed by atoms with E-state index in [4.69, 9.17) is 9.84 Å².